The number of carbonyl (C=O) groups is 2. The number of ether oxygens (including phenoxy) is 2. The van der Waals surface area contributed by atoms with Crippen molar-refractivity contribution >= 4 is 17.8 Å². The second-order valence-corrected chi connectivity index (χ2v) is 15.0. The molecule has 50 heavy (non-hydrogen) atoms. The fraction of sp³-hybridized carbons (Fsp3) is 0.615. The number of likely N-dealkylation sites (N-methyl/N-ethyl adjacent to an activating group) is 1. The Labute approximate surface area is 296 Å². The average molecular weight is 687 g/mol. The van der Waals surface area contributed by atoms with Gasteiger partial charge in [-0.15, -0.1) is 0 Å². The van der Waals surface area contributed by atoms with Gasteiger partial charge in [0.1, 0.15) is 29.6 Å². The summed E-state index contributed by atoms with van der Waals surface area (Å²) in [6.45, 7) is 8.14. The number of aryl methyl sites for hydroxylation is 1. The van der Waals surface area contributed by atoms with Gasteiger partial charge in [0, 0.05) is 60.9 Å². The molecule has 0 bridgehead atoms. The highest BCUT2D eigenvalue weighted by molar-refractivity contribution is 5.94. The van der Waals surface area contributed by atoms with Crippen molar-refractivity contribution in [3.63, 3.8) is 0 Å². The van der Waals surface area contributed by atoms with Crippen molar-refractivity contribution in [3.05, 3.63) is 54.0 Å². The van der Waals surface area contributed by atoms with Crippen molar-refractivity contribution in [2.75, 3.05) is 45.7 Å². The molecule has 4 heterocycles. The van der Waals surface area contributed by atoms with E-state index in [2.05, 4.69) is 38.9 Å². The smallest absolute Gasteiger partial charge is 0.410 e. The van der Waals surface area contributed by atoms with E-state index in [4.69, 9.17) is 28.8 Å². The number of nitrogens with zero attached hydrogens (tertiary/aromatic N) is 6. The van der Waals surface area contributed by atoms with Crippen molar-refractivity contribution in [2.45, 2.75) is 103 Å². The van der Waals surface area contributed by atoms with Crippen molar-refractivity contribution in [3.8, 4) is 17.0 Å². The fourth-order valence-corrected chi connectivity index (χ4v) is 7.81. The Morgan fingerprint density at radius 3 is 2.40 bits per heavy atom. The number of hydrogen-bond acceptors (Lipinski definition) is 9. The number of amides is 2. The molecule has 1 atom stereocenters. The topological polar surface area (TPSA) is 114 Å². The van der Waals surface area contributed by atoms with Gasteiger partial charge < -0.3 is 23.7 Å². The molecule has 0 radical (unpaired) electrons. The Balaban J connectivity index is 1.13. The molecular weight excluding hydrogens is 632 g/mol. The summed E-state index contributed by atoms with van der Waals surface area (Å²) < 4.78 is 17.1. The fourth-order valence-electron chi connectivity index (χ4n) is 7.81. The van der Waals surface area contributed by atoms with Crippen LogP contribution in [-0.2, 0) is 9.53 Å². The lowest BCUT2D eigenvalue weighted by atomic mass is 9.79. The molecular formula is C39H54N6O5. The predicted octanol–water partition coefficient (Wildman–Crippen LogP) is 7.21. The molecule has 0 N–H and O–H groups in total. The summed E-state index contributed by atoms with van der Waals surface area (Å²) in [5.41, 5.74) is 3.66. The summed E-state index contributed by atoms with van der Waals surface area (Å²) in [5.74, 6) is 3.02. The second-order valence-electron chi connectivity index (χ2n) is 15.0. The lowest BCUT2D eigenvalue weighted by Crippen LogP contribution is -2.43. The van der Waals surface area contributed by atoms with Gasteiger partial charge >= 0.3 is 6.09 Å². The zero-order valence-corrected chi connectivity index (χ0v) is 30.6. The lowest BCUT2D eigenvalue weighted by Gasteiger charge is -2.35. The molecule has 1 unspecified atom stereocenters. The molecule has 3 aliphatic rings. The van der Waals surface area contributed by atoms with Crippen molar-refractivity contribution in [2.24, 2.45) is 11.8 Å². The van der Waals surface area contributed by atoms with E-state index < -0.39 is 0 Å². The maximum Gasteiger partial charge on any atom is 0.410 e. The number of anilines is 1. The summed E-state index contributed by atoms with van der Waals surface area (Å²) >= 11 is 0. The Hall–Kier alpha value is -3.99. The summed E-state index contributed by atoms with van der Waals surface area (Å²) in [6, 6.07) is 8.37. The first-order valence-electron chi connectivity index (χ1n) is 18.5. The van der Waals surface area contributed by atoms with Gasteiger partial charge in [0.15, 0.2) is 5.89 Å². The summed E-state index contributed by atoms with van der Waals surface area (Å²) in [4.78, 5) is 47.6. The van der Waals surface area contributed by atoms with Crippen LogP contribution in [0.25, 0.3) is 11.3 Å². The molecule has 11 nitrogen and oxygen atoms in total. The van der Waals surface area contributed by atoms with Crippen LogP contribution in [0.15, 0.2) is 41.1 Å². The standard InChI is InChI=1S/C39H54N6O5/c1-25(2)37-42-34(24-49-37)30-17-19-40-36(21-30)45(22-27-7-9-28(10-8-27)33-15-16-35(48-6)26(3)41-33)38(46)29-11-13-32(14-12-29)50-39(47)44-20-18-31(23-44)43(4)5/h15-17,19,21,24-25,27-29,31-32H,7-14,18,20,22-23H2,1-6H3. The SMILES string of the molecule is COc1ccc(C2CCC(CN(C(=O)C3CCC(OC(=O)N4CCC(N(C)C)C4)CC3)c3cc(-c4coc(C(C)C)n4)ccn3)CC2)nc1C. The molecule has 0 aromatic carbocycles. The van der Waals surface area contributed by atoms with E-state index in [0.29, 0.717) is 68.4 Å². The van der Waals surface area contributed by atoms with Crippen LogP contribution < -0.4 is 9.64 Å². The molecule has 6 rings (SSSR count). The quantitative estimate of drug-likeness (QED) is 0.218. The predicted molar refractivity (Wildman–Crippen MR) is 192 cm³/mol. The van der Waals surface area contributed by atoms with E-state index >= 15 is 0 Å². The first kappa shape index (κ1) is 35.8. The molecule has 3 aromatic rings. The van der Waals surface area contributed by atoms with Crippen LogP contribution >= 0.6 is 0 Å². The Morgan fingerprint density at radius 2 is 1.76 bits per heavy atom. The van der Waals surface area contributed by atoms with Crippen molar-refractivity contribution < 1.29 is 23.5 Å². The number of pyridine rings is 2. The van der Waals surface area contributed by atoms with E-state index in [-0.39, 0.29) is 29.9 Å². The Bertz CT molecular complexity index is 1610. The highest BCUT2D eigenvalue weighted by atomic mass is 16.6. The van der Waals surface area contributed by atoms with E-state index in [1.165, 1.54) is 0 Å². The number of carbonyl (C=O) groups excluding carboxylic acids is 2. The van der Waals surface area contributed by atoms with Crippen LogP contribution in [0.3, 0.4) is 0 Å². The molecule has 2 aliphatic carbocycles. The van der Waals surface area contributed by atoms with Gasteiger partial charge in [-0.3, -0.25) is 14.7 Å². The molecule has 1 saturated heterocycles. The maximum atomic E-state index is 14.4. The molecule has 270 valence electrons. The number of rotatable bonds is 10. The van der Waals surface area contributed by atoms with Crippen molar-refractivity contribution in [1.82, 2.24) is 24.8 Å². The molecule has 2 saturated carbocycles. The minimum atomic E-state index is -0.226. The van der Waals surface area contributed by atoms with Crippen LogP contribution in [0.1, 0.15) is 101 Å². The zero-order valence-electron chi connectivity index (χ0n) is 30.6. The van der Waals surface area contributed by atoms with Gasteiger partial charge in [0.2, 0.25) is 5.91 Å². The number of likely N-dealkylation sites (tertiary alicyclic amines) is 1. The number of oxazole rings is 1. The van der Waals surface area contributed by atoms with Gasteiger partial charge in [-0.05, 0) is 109 Å². The third-order valence-corrected chi connectivity index (χ3v) is 11.0. The minimum Gasteiger partial charge on any atom is -0.495 e. The van der Waals surface area contributed by atoms with Crippen molar-refractivity contribution in [1.29, 1.82) is 0 Å². The molecule has 3 aromatic heterocycles. The van der Waals surface area contributed by atoms with Gasteiger partial charge in [0.25, 0.3) is 0 Å². The van der Waals surface area contributed by atoms with Crippen LogP contribution in [-0.4, -0.2) is 89.7 Å². The monoisotopic (exact) mass is 686 g/mol. The average Bonchev–Trinajstić information content (AvgIpc) is 3.83. The van der Waals surface area contributed by atoms with Gasteiger partial charge in [-0.2, -0.15) is 0 Å². The van der Waals surface area contributed by atoms with Gasteiger partial charge in [0.05, 0.1) is 12.8 Å². The number of methoxy groups -OCH3 is 1. The number of hydrogen-bond donors (Lipinski definition) is 0. The van der Waals surface area contributed by atoms with E-state index in [1.807, 2.05) is 34.9 Å². The summed E-state index contributed by atoms with van der Waals surface area (Å²) in [5, 5.41) is 0. The van der Waals surface area contributed by atoms with Crippen LogP contribution in [0.5, 0.6) is 5.75 Å². The highest BCUT2D eigenvalue weighted by Gasteiger charge is 2.36. The molecule has 3 fully saturated rings. The Morgan fingerprint density at radius 1 is 1.00 bits per heavy atom. The third kappa shape index (κ3) is 8.30. The minimum absolute atomic E-state index is 0.102. The zero-order chi connectivity index (χ0) is 35.4. The first-order valence-corrected chi connectivity index (χ1v) is 18.5. The van der Waals surface area contributed by atoms with Crippen LogP contribution in [0.2, 0.25) is 0 Å². The third-order valence-electron chi connectivity index (χ3n) is 11.0. The van der Waals surface area contributed by atoms with Gasteiger partial charge in [-0.1, -0.05) is 13.8 Å². The summed E-state index contributed by atoms with van der Waals surface area (Å²) in [7, 11) is 5.78. The second kappa shape index (κ2) is 15.9. The molecule has 2 amide bonds. The summed E-state index contributed by atoms with van der Waals surface area (Å²) in [6.07, 6.45) is 10.8. The largest absolute Gasteiger partial charge is 0.495 e. The molecule has 0 spiro atoms. The first-order chi connectivity index (χ1) is 24.1. The normalized spacial score (nSPS) is 24.1. The number of aromatic nitrogens is 3. The maximum absolute atomic E-state index is 14.4. The van der Waals surface area contributed by atoms with E-state index in [9.17, 15) is 9.59 Å². The molecule has 1 aliphatic heterocycles. The highest BCUT2D eigenvalue weighted by Crippen LogP contribution is 2.38. The van der Waals surface area contributed by atoms with Crippen LogP contribution in [0, 0.1) is 18.8 Å². The van der Waals surface area contributed by atoms with Gasteiger partial charge in [-0.25, -0.2) is 14.8 Å². The van der Waals surface area contributed by atoms with E-state index in [0.717, 1.165) is 67.0 Å². The molecule has 11 heteroatoms. The van der Waals surface area contributed by atoms with E-state index in [1.54, 1.807) is 19.6 Å². The Kier molecular flexibility index (Phi) is 11.4. The van der Waals surface area contributed by atoms with Crippen LogP contribution in [0.4, 0.5) is 10.6 Å². The lowest BCUT2D eigenvalue weighted by molar-refractivity contribution is -0.124.